The third kappa shape index (κ3) is 2.97. The summed E-state index contributed by atoms with van der Waals surface area (Å²) < 4.78 is 5.95. The maximum atomic E-state index is 9.05. The Bertz CT molecular complexity index is 449. The zero-order valence-corrected chi connectivity index (χ0v) is 10.9. The first-order valence-corrected chi connectivity index (χ1v) is 5.36. The van der Waals surface area contributed by atoms with Crippen molar-refractivity contribution in [1.82, 2.24) is 4.90 Å². The first-order chi connectivity index (χ1) is 7.58. The highest BCUT2D eigenvalue weighted by molar-refractivity contribution is 9.10. The summed E-state index contributed by atoms with van der Waals surface area (Å²) in [5.74, 6) is 0.516. The summed E-state index contributed by atoms with van der Waals surface area (Å²) in [6.07, 6.45) is 1.64. The number of nitrogens with zero attached hydrogens (tertiary/aromatic N) is 3. The van der Waals surface area contributed by atoms with E-state index >= 15 is 0 Å². The Morgan fingerprint density at radius 2 is 2.19 bits per heavy atom. The average molecular weight is 282 g/mol. The van der Waals surface area contributed by atoms with Gasteiger partial charge in [0.15, 0.2) is 0 Å². The molecule has 0 heterocycles. The fourth-order valence-electron chi connectivity index (χ4n) is 1.12. The third-order valence-electron chi connectivity index (χ3n) is 1.81. The zero-order chi connectivity index (χ0) is 12.1. The number of rotatable bonds is 3. The number of methoxy groups -OCH3 is 1. The van der Waals surface area contributed by atoms with Crippen molar-refractivity contribution in [1.29, 1.82) is 5.26 Å². The van der Waals surface area contributed by atoms with E-state index < -0.39 is 0 Å². The summed E-state index contributed by atoms with van der Waals surface area (Å²) in [6, 6.07) is 5.61. The first kappa shape index (κ1) is 12.5. The number of ether oxygens (including phenoxy) is 1. The van der Waals surface area contributed by atoms with Crippen LogP contribution < -0.4 is 4.74 Å². The van der Waals surface area contributed by atoms with Crippen LogP contribution in [0.3, 0.4) is 0 Å². The van der Waals surface area contributed by atoms with E-state index in [1.165, 1.54) is 7.11 Å². The van der Waals surface area contributed by atoms with Crippen LogP contribution in [0.25, 0.3) is 0 Å². The number of benzene rings is 1. The largest absolute Gasteiger partial charge is 0.495 e. The Kier molecular flexibility index (Phi) is 4.32. The highest BCUT2D eigenvalue weighted by atomic mass is 79.9. The number of hydrogen-bond acceptors (Lipinski definition) is 3. The monoisotopic (exact) mass is 281 g/mol. The van der Waals surface area contributed by atoms with Crippen molar-refractivity contribution in [2.24, 2.45) is 4.99 Å². The molecule has 0 aliphatic rings. The molecule has 1 rings (SSSR count). The molecule has 84 valence electrons. The maximum absolute atomic E-state index is 9.05. The van der Waals surface area contributed by atoms with Crippen molar-refractivity contribution < 1.29 is 4.74 Å². The topological polar surface area (TPSA) is 48.6 Å². The van der Waals surface area contributed by atoms with Crippen LogP contribution in [0.5, 0.6) is 5.75 Å². The summed E-state index contributed by atoms with van der Waals surface area (Å²) in [7, 11) is 5.26. The quantitative estimate of drug-likeness (QED) is 0.632. The molecule has 0 amide bonds. The summed E-state index contributed by atoms with van der Waals surface area (Å²) in [6.45, 7) is 0. The van der Waals surface area contributed by atoms with Gasteiger partial charge in [-0.1, -0.05) is 15.9 Å². The van der Waals surface area contributed by atoms with Crippen molar-refractivity contribution in [3.05, 3.63) is 22.2 Å². The van der Waals surface area contributed by atoms with Gasteiger partial charge in [0, 0.05) is 18.6 Å². The molecule has 0 unspecified atom stereocenters. The van der Waals surface area contributed by atoms with Crippen LogP contribution in [0, 0.1) is 11.3 Å². The van der Waals surface area contributed by atoms with Gasteiger partial charge in [-0.05, 0) is 12.1 Å². The van der Waals surface area contributed by atoms with Crippen LogP contribution in [-0.4, -0.2) is 32.4 Å². The van der Waals surface area contributed by atoms with Gasteiger partial charge in [0.25, 0.3) is 0 Å². The lowest BCUT2D eigenvalue weighted by Gasteiger charge is -2.07. The van der Waals surface area contributed by atoms with Crippen molar-refractivity contribution in [2.45, 2.75) is 0 Å². The predicted octanol–water partition coefficient (Wildman–Crippen LogP) is 2.55. The molecule has 0 aromatic heterocycles. The van der Waals surface area contributed by atoms with E-state index in [-0.39, 0.29) is 0 Å². The van der Waals surface area contributed by atoms with Gasteiger partial charge < -0.3 is 9.64 Å². The summed E-state index contributed by atoms with van der Waals surface area (Å²) in [5.41, 5.74) is 1.02. The van der Waals surface area contributed by atoms with Crippen molar-refractivity contribution >= 4 is 28.0 Å². The summed E-state index contributed by atoms with van der Waals surface area (Å²) in [5, 5.41) is 9.05. The lowest BCUT2D eigenvalue weighted by Crippen LogP contribution is -2.07. The Labute approximate surface area is 103 Å². The SMILES string of the molecule is COc1cc(Br)cc(/N=C/N(C)C)c1C#N. The minimum absolute atomic E-state index is 0.434. The van der Waals surface area contributed by atoms with E-state index in [2.05, 4.69) is 27.0 Å². The smallest absolute Gasteiger partial charge is 0.139 e. The van der Waals surface area contributed by atoms with Gasteiger partial charge in [0.05, 0.1) is 19.1 Å². The molecule has 0 saturated heterocycles. The Morgan fingerprint density at radius 1 is 1.50 bits per heavy atom. The van der Waals surface area contributed by atoms with Gasteiger partial charge in [-0.2, -0.15) is 5.26 Å². The molecular weight excluding hydrogens is 270 g/mol. The van der Waals surface area contributed by atoms with Gasteiger partial charge in [0.2, 0.25) is 0 Å². The lowest BCUT2D eigenvalue weighted by molar-refractivity contribution is 0.413. The van der Waals surface area contributed by atoms with E-state index in [0.717, 1.165) is 4.47 Å². The maximum Gasteiger partial charge on any atom is 0.139 e. The number of halogens is 1. The highest BCUT2D eigenvalue weighted by Crippen LogP contribution is 2.32. The molecule has 1 aromatic carbocycles. The first-order valence-electron chi connectivity index (χ1n) is 4.56. The molecule has 4 nitrogen and oxygen atoms in total. The van der Waals surface area contributed by atoms with Crippen LogP contribution in [-0.2, 0) is 0 Å². The van der Waals surface area contributed by atoms with Gasteiger partial charge in [-0.15, -0.1) is 0 Å². The number of hydrogen-bond donors (Lipinski definition) is 0. The number of nitriles is 1. The third-order valence-corrected chi connectivity index (χ3v) is 2.26. The molecule has 0 aliphatic carbocycles. The molecule has 16 heavy (non-hydrogen) atoms. The predicted molar refractivity (Wildman–Crippen MR) is 67.2 cm³/mol. The minimum Gasteiger partial charge on any atom is -0.495 e. The molecule has 0 fully saturated rings. The van der Waals surface area contributed by atoms with Gasteiger partial charge in [-0.25, -0.2) is 4.99 Å². The van der Waals surface area contributed by atoms with E-state index in [4.69, 9.17) is 10.00 Å². The normalized spacial score (nSPS) is 10.2. The molecule has 0 radical (unpaired) electrons. The summed E-state index contributed by atoms with van der Waals surface area (Å²) >= 11 is 3.35. The van der Waals surface area contributed by atoms with E-state index in [9.17, 15) is 0 Å². The molecule has 5 heteroatoms. The molecule has 0 N–H and O–H groups in total. The van der Waals surface area contributed by atoms with E-state index in [1.54, 1.807) is 23.4 Å². The molecule has 0 aliphatic heterocycles. The Hall–Kier alpha value is -1.54. The molecular formula is C11H12BrN3O. The van der Waals surface area contributed by atoms with Crippen LogP contribution >= 0.6 is 15.9 Å². The van der Waals surface area contributed by atoms with E-state index in [1.807, 2.05) is 14.1 Å². The van der Waals surface area contributed by atoms with Crippen LogP contribution in [0.15, 0.2) is 21.6 Å². The average Bonchev–Trinajstić information content (AvgIpc) is 2.25. The minimum atomic E-state index is 0.434. The fraction of sp³-hybridized carbons (Fsp3) is 0.273. The van der Waals surface area contributed by atoms with E-state index in [0.29, 0.717) is 17.0 Å². The number of aliphatic imine (C=N–C) groups is 1. The second kappa shape index (κ2) is 5.52. The molecule has 1 aromatic rings. The zero-order valence-electron chi connectivity index (χ0n) is 9.36. The van der Waals surface area contributed by atoms with Crippen molar-refractivity contribution in [3.63, 3.8) is 0 Å². The molecule has 0 saturated carbocycles. The lowest BCUT2D eigenvalue weighted by atomic mass is 10.2. The highest BCUT2D eigenvalue weighted by Gasteiger charge is 2.09. The summed E-state index contributed by atoms with van der Waals surface area (Å²) in [4.78, 5) is 6.01. The van der Waals surface area contributed by atoms with Gasteiger partial charge >= 0.3 is 0 Å². The fourth-order valence-corrected chi connectivity index (χ4v) is 1.55. The Balaban J connectivity index is 3.27. The van der Waals surface area contributed by atoms with Crippen molar-refractivity contribution in [3.8, 4) is 11.8 Å². The second-order valence-corrected chi connectivity index (χ2v) is 4.24. The van der Waals surface area contributed by atoms with Crippen LogP contribution in [0.2, 0.25) is 0 Å². The van der Waals surface area contributed by atoms with Crippen LogP contribution in [0.1, 0.15) is 5.56 Å². The molecule has 0 atom stereocenters. The van der Waals surface area contributed by atoms with Crippen LogP contribution in [0.4, 0.5) is 5.69 Å². The Morgan fingerprint density at radius 3 is 2.69 bits per heavy atom. The molecule has 0 bridgehead atoms. The van der Waals surface area contributed by atoms with Crippen molar-refractivity contribution in [2.75, 3.05) is 21.2 Å². The molecule has 0 spiro atoms. The van der Waals surface area contributed by atoms with Gasteiger partial charge in [0.1, 0.15) is 17.4 Å². The standard InChI is InChI=1S/C11H12BrN3O/c1-15(2)7-14-10-4-8(12)5-11(16-3)9(10)6-13/h4-5,7H,1-3H3/b14-7+. The van der Waals surface area contributed by atoms with Gasteiger partial charge in [-0.3, -0.25) is 0 Å². The second-order valence-electron chi connectivity index (χ2n) is 3.32.